The number of carbonyl (C=O) groups excluding carboxylic acids is 1. The highest BCUT2D eigenvalue weighted by Crippen LogP contribution is 2.11. The maximum Gasteiger partial charge on any atom is 0.332 e. The predicted octanol–water partition coefficient (Wildman–Crippen LogP) is 4.26. The van der Waals surface area contributed by atoms with E-state index in [1.54, 1.807) is 0 Å². The van der Waals surface area contributed by atoms with Crippen LogP contribution in [0.4, 0.5) is 0 Å². The molecule has 0 aromatic heterocycles. The Morgan fingerprint density at radius 3 is 2.14 bits per heavy atom. The van der Waals surface area contributed by atoms with E-state index in [-0.39, 0.29) is 18.7 Å². The van der Waals surface area contributed by atoms with Crippen LogP contribution in [0.25, 0.3) is 0 Å². The van der Waals surface area contributed by atoms with Crippen molar-refractivity contribution in [3.8, 4) is 0 Å². The SMILES string of the molecule is CCCCCCCCCCCCCOCC1COCC(=O)O1. The van der Waals surface area contributed by atoms with E-state index in [1.165, 1.54) is 64.2 Å². The van der Waals surface area contributed by atoms with Crippen LogP contribution in [-0.2, 0) is 19.0 Å². The summed E-state index contributed by atoms with van der Waals surface area (Å²) in [4.78, 5) is 11.0. The molecule has 0 saturated carbocycles. The monoisotopic (exact) mass is 314 g/mol. The maximum atomic E-state index is 11.0. The van der Waals surface area contributed by atoms with Gasteiger partial charge in [-0.3, -0.25) is 0 Å². The Labute approximate surface area is 135 Å². The summed E-state index contributed by atoms with van der Waals surface area (Å²) < 4.78 is 15.8. The molecule has 1 aliphatic heterocycles. The van der Waals surface area contributed by atoms with Gasteiger partial charge in [0.1, 0.15) is 12.7 Å². The number of carbonyl (C=O) groups is 1. The van der Waals surface area contributed by atoms with Crippen LogP contribution in [0.15, 0.2) is 0 Å². The zero-order chi connectivity index (χ0) is 15.9. The molecule has 0 amide bonds. The second-order valence-corrected chi connectivity index (χ2v) is 6.24. The molecule has 0 N–H and O–H groups in total. The number of rotatable bonds is 14. The van der Waals surface area contributed by atoms with E-state index >= 15 is 0 Å². The van der Waals surface area contributed by atoms with Crippen LogP contribution in [-0.4, -0.2) is 38.5 Å². The first kappa shape index (κ1) is 19.4. The first-order chi connectivity index (χ1) is 10.8. The van der Waals surface area contributed by atoms with Crippen LogP contribution >= 0.6 is 0 Å². The number of cyclic esters (lactones) is 1. The zero-order valence-corrected chi connectivity index (χ0v) is 14.3. The molecule has 1 saturated heterocycles. The molecule has 130 valence electrons. The predicted molar refractivity (Wildman–Crippen MR) is 88.0 cm³/mol. The third-order valence-corrected chi connectivity index (χ3v) is 4.02. The van der Waals surface area contributed by atoms with Crippen molar-refractivity contribution in [1.29, 1.82) is 0 Å². The van der Waals surface area contributed by atoms with Gasteiger partial charge in [-0.05, 0) is 6.42 Å². The van der Waals surface area contributed by atoms with Crippen LogP contribution < -0.4 is 0 Å². The normalized spacial score (nSPS) is 18.4. The van der Waals surface area contributed by atoms with Crippen molar-refractivity contribution in [3.05, 3.63) is 0 Å². The van der Waals surface area contributed by atoms with Crippen molar-refractivity contribution in [2.75, 3.05) is 26.4 Å². The van der Waals surface area contributed by atoms with E-state index in [0.29, 0.717) is 13.2 Å². The van der Waals surface area contributed by atoms with E-state index in [1.807, 2.05) is 0 Å². The first-order valence-corrected chi connectivity index (χ1v) is 9.18. The minimum atomic E-state index is -0.283. The minimum Gasteiger partial charge on any atom is -0.456 e. The van der Waals surface area contributed by atoms with Crippen LogP contribution in [0.1, 0.15) is 77.6 Å². The van der Waals surface area contributed by atoms with Crippen molar-refractivity contribution in [1.82, 2.24) is 0 Å². The summed E-state index contributed by atoms with van der Waals surface area (Å²) >= 11 is 0. The molecule has 0 radical (unpaired) electrons. The van der Waals surface area contributed by atoms with Gasteiger partial charge in [-0.15, -0.1) is 0 Å². The number of esters is 1. The molecule has 0 bridgehead atoms. The van der Waals surface area contributed by atoms with Crippen molar-refractivity contribution in [2.24, 2.45) is 0 Å². The molecule has 22 heavy (non-hydrogen) atoms. The summed E-state index contributed by atoms with van der Waals surface area (Å²) in [7, 11) is 0. The molecule has 4 nitrogen and oxygen atoms in total. The lowest BCUT2D eigenvalue weighted by Crippen LogP contribution is -2.36. The Bertz CT molecular complexity index is 268. The first-order valence-electron chi connectivity index (χ1n) is 9.18. The Kier molecular flexibility index (Phi) is 12.4. The van der Waals surface area contributed by atoms with Crippen LogP contribution in [0.3, 0.4) is 0 Å². The highest BCUT2D eigenvalue weighted by molar-refractivity contribution is 5.71. The maximum absolute atomic E-state index is 11.0. The van der Waals surface area contributed by atoms with Crippen molar-refractivity contribution < 1.29 is 19.0 Å². The lowest BCUT2D eigenvalue weighted by molar-refractivity contribution is -0.175. The fourth-order valence-corrected chi connectivity index (χ4v) is 2.69. The highest BCUT2D eigenvalue weighted by Gasteiger charge is 2.20. The fourth-order valence-electron chi connectivity index (χ4n) is 2.69. The van der Waals surface area contributed by atoms with Gasteiger partial charge >= 0.3 is 5.97 Å². The molecule has 1 rings (SSSR count). The Hall–Kier alpha value is -0.610. The molecule has 1 unspecified atom stereocenters. The van der Waals surface area contributed by atoms with Crippen LogP contribution in [0.5, 0.6) is 0 Å². The van der Waals surface area contributed by atoms with E-state index in [4.69, 9.17) is 14.2 Å². The van der Waals surface area contributed by atoms with Gasteiger partial charge in [-0.1, -0.05) is 71.1 Å². The zero-order valence-electron chi connectivity index (χ0n) is 14.3. The van der Waals surface area contributed by atoms with Gasteiger partial charge in [0.25, 0.3) is 0 Å². The molecule has 1 heterocycles. The average molecular weight is 314 g/mol. The Morgan fingerprint density at radius 1 is 0.955 bits per heavy atom. The Balaban J connectivity index is 1.74. The second kappa shape index (κ2) is 14.0. The number of hydrogen-bond donors (Lipinski definition) is 0. The molecule has 0 aliphatic carbocycles. The lowest BCUT2D eigenvalue weighted by atomic mass is 10.1. The third kappa shape index (κ3) is 11.0. The number of unbranched alkanes of at least 4 members (excludes halogenated alkanes) is 10. The van der Waals surface area contributed by atoms with E-state index in [0.717, 1.165) is 13.0 Å². The lowest BCUT2D eigenvalue weighted by Gasteiger charge is -2.22. The second-order valence-electron chi connectivity index (χ2n) is 6.24. The van der Waals surface area contributed by atoms with Crippen LogP contribution in [0.2, 0.25) is 0 Å². The summed E-state index contributed by atoms with van der Waals surface area (Å²) in [6, 6.07) is 0. The minimum absolute atomic E-state index is 0.0785. The van der Waals surface area contributed by atoms with Crippen molar-refractivity contribution in [2.45, 2.75) is 83.7 Å². The van der Waals surface area contributed by atoms with Crippen molar-refractivity contribution >= 4 is 5.97 Å². The number of hydrogen-bond acceptors (Lipinski definition) is 4. The summed E-state index contributed by atoms with van der Waals surface area (Å²) in [5, 5.41) is 0. The van der Waals surface area contributed by atoms with Gasteiger partial charge < -0.3 is 14.2 Å². The summed E-state index contributed by atoms with van der Waals surface area (Å²) in [6.45, 7) is 4.02. The average Bonchev–Trinajstić information content (AvgIpc) is 2.52. The molecule has 1 atom stereocenters. The molecule has 0 spiro atoms. The summed E-state index contributed by atoms with van der Waals surface area (Å²) in [6.07, 6.45) is 14.5. The summed E-state index contributed by atoms with van der Waals surface area (Å²) in [5.41, 5.74) is 0. The number of ether oxygens (including phenoxy) is 3. The van der Waals surface area contributed by atoms with Crippen molar-refractivity contribution in [3.63, 3.8) is 0 Å². The molecule has 0 aromatic carbocycles. The molecule has 4 heteroatoms. The van der Waals surface area contributed by atoms with Crippen LogP contribution in [0, 0.1) is 0 Å². The summed E-state index contributed by atoms with van der Waals surface area (Å²) in [5.74, 6) is -0.283. The van der Waals surface area contributed by atoms with Gasteiger partial charge in [0.2, 0.25) is 0 Å². The Morgan fingerprint density at radius 2 is 1.55 bits per heavy atom. The highest BCUT2D eigenvalue weighted by atomic mass is 16.6. The van der Waals surface area contributed by atoms with Gasteiger partial charge in [0, 0.05) is 6.61 Å². The van der Waals surface area contributed by atoms with Gasteiger partial charge in [-0.2, -0.15) is 0 Å². The standard InChI is InChI=1S/C18H34O4/c1-2-3-4-5-6-7-8-9-10-11-12-13-20-14-17-15-21-16-18(19)22-17/h17H,2-16H2,1H3. The van der Waals surface area contributed by atoms with Gasteiger partial charge in [-0.25, -0.2) is 4.79 Å². The third-order valence-electron chi connectivity index (χ3n) is 4.02. The van der Waals surface area contributed by atoms with E-state index in [2.05, 4.69) is 6.92 Å². The smallest absolute Gasteiger partial charge is 0.332 e. The van der Waals surface area contributed by atoms with Gasteiger partial charge in [0.05, 0.1) is 13.2 Å². The quantitative estimate of drug-likeness (QED) is 0.355. The molecular formula is C18H34O4. The molecule has 0 aromatic rings. The van der Waals surface area contributed by atoms with Gasteiger partial charge in [0.15, 0.2) is 0 Å². The fraction of sp³-hybridized carbons (Fsp3) is 0.944. The largest absolute Gasteiger partial charge is 0.456 e. The topological polar surface area (TPSA) is 44.8 Å². The molecule has 1 fully saturated rings. The van der Waals surface area contributed by atoms with E-state index < -0.39 is 0 Å². The van der Waals surface area contributed by atoms with E-state index in [9.17, 15) is 4.79 Å². The molecule has 1 aliphatic rings. The molecular weight excluding hydrogens is 280 g/mol.